The zero-order chi connectivity index (χ0) is 23.4. The van der Waals surface area contributed by atoms with Gasteiger partial charge >= 0.3 is 0 Å². The lowest BCUT2D eigenvalue weighted by Crippen LogP contribution is -2.16. The summed E-state index contributed by atoms with van der Waals surface area (Å²) in [6, 6.07) is 15.4. The highest BCUT2D eigenvalue weighted by molar-refractivity contribution is 7.92. The van der Waals surface area contributed by atoms with E-state index in [-0.39, 0.29) is 18.0 Å². The topological polar surface area (TPSA) is 103 Å². The molecule has 0 radical (unpaired) electrons. The summed E-state index contributed by atoms with van der Waals surface area (Å²) in [5, 5.41) is 4.37. The summed E-state index contributed by atoms with van der Waals surface area (Å²) in [7, 11) is -2.00. The molecule has 0 aliphatic heterocycles. The van der Waals surface area contributed by atoms with Gasteiger partial charge in [-0.2, -0.15) is 5.10 Å². The molecule has 9 heteroatoms. The first-order valence-corrected chi connectivity index (χ1v) is 11.6. The predicted octanol–water partition coefficient (Wildman–Crippen LogP) is 3.40. The average Bonchev–Trinajstić information content (AvgIpc) is 3.26. The summed E-state index contributed by atoms with van der Waals surface area (Å²) in [6.07, 6.45) is 8.35. The van der Waals surface area contributed by atoms with Crippen LogP contribution in [0.5, 0.6) is 5.75 Å². The molecule has 166 valence electrons. The van der Waals surface area contributed by atoms with E-state index in [4.69, 9.17) is 11.2 Å². The first-order chi connectivity index (χ1) is 15.9. The van der Waals surface area contributed by atoms with Crippen molar-refractivity contribution in [3.8, 4) is 29.4 Å². The Bertz CT molecular complexity index is 1470. The molecule has 0 saturated heterocycles. The van der Waals surface area contributed by atoms with Crippen LogP contribution >= 0.6 is 0 Å². The molecular weight excluding hydrogens is 440 g/mol. The fraction of sp³-hybridized carbons (Fsp3) is 0.125. The number of carbonyl (C=O) groups is 1. The Morgan fingerprint density at radius 2 is 1.97 bits per heavy atom. The maximum absolute atomic E-state index is 13.0. The van der Waals surface area contributed by atoms with Gasteiger partial charge in [-0.1, -0.05) is 12.1 Å². The maximum atomic E-state index is 13.0. The molecule has 0 aliphatic rings. The van der Waals surface area contributed by atoms with Crippen LogP contribution in [0.4, 0.5) is 5.69 Å². The number of hydrogen-bond donors (Lipinski definition) is 1. The van der Waals surface area contributed by atoms with Gasteiger partial charge in [0.15, 0.2) is 11.4 Å². The minimum absolute atomic E-state index is 0.123. The van der Waals surface area contributed by atoms with Gasteiger partial charge in [-0.15, -0.1) is 12.3 Å². The van der Waals surface area contributed by atoms with Crippen LogP contribution in [0.1, 0.15) is 22.3 Å². The van der Waals surface area contributed by atoms with Crippen LogP contribution in [0.15, 0.2) is 67.0 Å². The molecule has 0 spiro atoms. The molecule has 2 aromatic carbocycles. The van der Waals surface area contributed by atoms with E-state index in [2.05, 4.69) is 20.7 Å². The maximum Gasteiger partial charge on any atom is 0.233 e. The number of ether oxygens (including phenoxy) is 1. The molecule has 0 aliphatic carbocycles. The van der Waals surface area contributed by atoms with Crippen LogP contribution in [-0.4, -0.2) is 41.7 Å². The van der Waals surface area contributed by atoms with E-state index in [1.165, 1.54) is 6.20 Å². The normalized spacial score (nSPS) is 11.2. The molecule has 8 nitrogen and oxygen atoms in total. The Kier molecular flexibility index (Phi) is 6.11. The highest BCUT2D eigenvalue weighted by atomic mass is 32.2. The second-order valence-electron chi connectivity index (χ2n) is 7.14. The lowest BCUT2D eigenvalue weighted by molar-refractivity contribution is 0.104. The number of rotatable bonds is 8. The number of fused-ring (bicyclic) bond motifs is 1. The molecule has 4 rings (SSSR count). The van der Waals surface area contributed by atoms with Crippen LogP contribution in [0.25, 0.3) is 16.9 Å². The second-order valence-corrected chi connectivity index (χ2v) is 8.98. The summed E-state index contributed by atoms with van der Waals surface area (Å²) in [5.74, 6) is 2.60. The third-order valence-electron chi connectivity index (χ3n) is 4.94. The van der Waals surface area contributed by atoms with Crippen molar-refractivity contribution in [2.24, 2.45) is 0 Å². The molecular formula is C24H20N4O4S. The molecule has 0 bridgehead atoms. The van der Waals surface area contributed by atoms with Crippen LogP contribution in [0, 0.1) is 12.3 Å². The number of hydrogen-bond acceptors (Lipinski definition) is 6. The third kappa shape index (κ3) is 4.71. The Hall–Kier alpha value is -4.16. The standard InChI is InChI=1S/C24H20N4O4S/c1-3-4-14-33(30,31)27-19-7-5-6-18(15-19)22-12-13-25-24-21(16-26-28(22)24)23(29)17-8-10-20(32-2)11-9-17/h1,5-13,15-16,27H,4,14H2,2H3. The SMILES string of the molecule is C#CCCS(=O)(=O)Nc1cccc(-c2ccnc3c(C(=O)c4ccc(OC)cc4)cnn23)c1. The van der Waals surface area contributed by atoms with Gasteiger partial charge in [-0.25, -0.2) is 17.9 Å². The van der Waals surface area contributed by atoms with Crippen LogP contribution in [0.2, 0.25) is 0 Å². The van der Waals surface area contributed by atoms with Crippen molar-refractivity contribution in [3.63, 3.8) is 0 Å². The fourth-order valence-electron chi connectivity index (χ4n) is 3.33. The van der Waals surface area contributed by atoms with Crippen molar-refractivity contribution in [1.29, 1.82) is 0 Å². The number of carbonyl (C=O) groups excluding carboxylic acids is 1. The monoisotopic (exact) mass is 460 g/mol. The molecule has 0 unspecified atom stereocenters. The molecule has 0 fully saturated rings. The lowest BCUT2D eigenvalue weighted by atomic mass is 10.1. The molecule has 0 saturated carbocycles. The number of nitrogens with zero attached hydrogens (tertiary/aromatic N) is 3. The average molecular weight is 461 g/mol. The van der Waals surface area contributed by atoms with E-state index >= 15 is 0 Å². The zero-order valence-electron chi connectivity index (χ0n) is 17.7. The molecule has 0 amide bonds. The van der Waals surface area contributed by atoms with Gasteiger partial charge in [0.2, 0.25) is 10.0 Å². The number of nitrogens with one attached hydrogen (secondary N) is 1. The number of methoxy groups -OCH3 is 1. The van der Waals surface area contributed by atoms with Gasteiger partial charge < -0.3 is 4.74 Å². The van der Waals surface area contributed by atoms with Gasteiger partial charge in [0.05, 0.1) is 30.3 Å². The molecule has 0 atom stereocenters. The van der Waals surface area contributed by atoms with Crippen molar-refractivity contribution in [3.05, 3.63) is 78.1 Å². The minimum atomic E-state index is -3.56. The number of sulfonamides is 1. The van der Waals surface area contributed by atoms with Crippen LogP contribution in [-0.2, 0) is 10.0 Å². The smallest absolute Gasteiger partial charge is 0.233 e. The lowest BCUT2D eigenvalue weighted by Gasteiger charge is -2.10. The van der Waals surface area contributed by atoms with E-state index in [0.29, 0.717) is 39.5 Å². The van der Waals surface area contributed by atoms with E-state index in [1.807, 2.05) is 6.07 Å². The molecule has 4 aromatic rings. The molecule has 33 heavy (non-hydrogen) atoms. The first kappa shape index (κ1) is 22.0. The summed E-state index contributed by atoms with van der Waals surface area (Å²) in [6.45, 7) is 0. The number of ketones is 1. The zero-order valence-corrected chi connectivity index (χ0v) is 18.5. The third-order valence-corrected chi connectivity index (χ3v) is 6.23. The van der Waals surface area contributed by atoms with E-state index in [9.17, 15) is 13.2 Å². The molecule has 1 N–H and O–H groups in total. The minimum Gasteiger partial charge on any atom is -0.497 e. The fourth-order valence-corrected chi connectivity index (χ4v) is 4.31. The predicted molar refractivity (Wildman–Crippen MR) is 126 cm³/mol. The van der Waals surface area contributed by atoms with Crippen molar-refractivity contribution in [2.45, 2.75) is 6.42 Å². The summed E-state index contributed by atoms with van der Waals surface area (Å²) < 4.78 is 33.6. The number of anilines is 1. The van der Waals surface area contributed by atoms with Crippen molar-refractivity contribution in [1.82, 2.24) is 14.6 Å². The van der Waals surface area contributed by atoms with E-state index in [0.717, 1.165) is 0 Å². The second kappa shape index (κ2) is 9.14. The number of terminal acetylenes is 1. The van der Waals surface area contributed by atoms with Crippen LogP contribution < -0.4 is 9.46 Å². The van der Waals surface area contributed by atoms with Gasteiger partial charge in [-0.05, 0) is 42.5 Å². The highest BCUT2D eigenvalue weighted by Gasteiger charge is 2.18. The van der Waals surface area contributed by atoms with Gasteiger partial charge in [0.1, 0.15) is 5.75 Å². The largest absolute Gasteiger partial charge is 0.497 e. The van der Waals surface area contributed by atoms with Gasteiger partial charge in [0, 0.05) is 29.4 Å². The van der Waals surface area contributed by atoms with Crippen molar-refractivity contribution < 1.29 is 17.9 Å². The Labute approximate surface area is 191 Å². The van der Waals surface area contributed by atoms with Gasteiger partial charge in [0.25, 0.3) is 0 Å². The molecule has 2 aromatic heterocycles. The number of benzene rings is 2. The summed E-state index contributed by atoms with van der Waals surface area (Å²) in [4.78, 5) is 17.4. The molecule has 2 heterocycles. The van der Waals surface area contributed by atoms with Crippen molar-refractivity contribution in [2.75, 3.05) is 17.6 Å². The Morgan fingerprint density at radius 1 is 1.18 bits per heavy atom. The van der Waals surface area contributed by atoms with E-state index < -0.39 is 10.0 Å². The number of aromatic nitrogens is 3. The Morgan fingerprint density at radius 3 is 2.70 bits per heavy atom. The first-order valence-electron chi connectivity index (χ1n) is 9.98. The van der Waals surface area contributed by atoms with E-state index in [1.54, 1.807) is 66.4 Å². The quantitative estimate of drug-likeness (QED) is 0.319. The van der Waals surface area contributed by atoms with Gasteiger partial charge in [-0.3, -0.25) is 9.52 Å². The van der Waals surface area contributed by atoms with Crippen molar-refractivity contribution >= 4 is 27.1 Å². The summed E-state index contributed by atoms with van der Waals surface area (Å²) in [5.41, 5.74) is 2.99. The summed E-state index contributed by atoms with van der Waals surface area (Å²) >= 11 is 0. The highest BCUT2D eigenvalue weighted by Crippen LogP contribution is 2.25. The van der Waals surface area contributed by atoms with Crippen LogP contribution in [0.3, 0.4) is 0 Å². The Balaban J connectivity index is 1.68.